The lowest BCUT2D eigenvalue weighted by Gasteiger charge is -2.24. The summed E-state index contributed by atoms with van der Waals surface area (Å²) in [5.41, 5.74) is 2.36. The molecule has 1 unspecified atom stereocenters. The van der Waals surface area contributed by atoms with Gasteiger partial charge in [-0.2, -0.15) is 5.10 Å². The number of aromatic nitrogens is 3. The van der Waals surface area contributed by atoms with Crippen molar-refractivity contribution in [2.75, 3.05) is 26.6 Å². The predicted octanol–water partition coefficient (Wildman–Crippen LogP) is 5.74. The zero-order valence-electron chi connectivity index (χ0n) is 25.9. The molecule has 12 nitrogen and oxygen atoms in total. The van der Waals surface area contributed by atoms with E-state index in [1.807, 2.05) is 71.5 Å². The molecule has 0 saturated carbocycles. The molecular formula is C33H32N6O6S2. The van der Waals surface area contributed by atoms with Gasteiger partial charge in [-0.3, -0.25) is 14.2 Å². The number of carbonyl (C=O) groups excluding carboxylic acids is 2. The highest BCUT2D eigenvalue weighted by atomic mass is 32.2. The van der Waals surface area contributed by atoms with Gasteiger partial charge in [-0.05, 0) is 60.8 Å². The summed E-state index contributed by atoms with van der Waals surface area (Å²) >= 11 is 2.81. The lowest BCUT2D eigenvalue weighted by molar-refractivity contribution is -0.130. The van der Waals surface area contributed by atoms with Crippen molar-refractivity contribution in [1.29, 1.82) is 0 Å². The van der Waals surface area contributed by atoms with Crippen LogP contribution in [0.25, 0.3) is 5.69 Å². The molecule has 0 aliphatic carbocycles. The molecule has 0 radical (unpaired) electrons. The number of hydrogen-bond acceptors (Lipinski definition) is 11. The first kappa shape index (κ1) is 31.9. The highest BCUT2D eigenvalue weighted by Crippen LogP contribution is 2.42. The summed E-state index contributed by atoms with van der Waals surface area (Å²) < 4.78 is 23.9. The Labute approximate surface area is 279 Å². The van der Waals surface area contributed by atoms with Crippen LogP contribution in [0.2, 0.25) is 0 Å². The van der Waals surface area contributed by atoms with Gasteiger partial charge in [0.1, 0.15) is 5.75 Å². The van der Waals surface area contributed by atoms with Crippen LogP contribution < -0.4 is 19.5 Å². The maximum absolute atomic E-state index is 14.0. The van der Waals surface area contributed by atoms with Gasteiger partial charge in [0.2, 0.25) is 0 Å². The Hall–Kier alpha value is -5.08. The van der Waals surface area contributed by atoms with Crippen LogP contribution >= 0.6 is 23.1 Å². The lowest BCUT2D eigenvalue weighted by Crippen LogP contribution is -2.29. The Morgan fingerprint density at radius 3 is 2.60 bits per heavy atom. The molecule has 242 valence electrons. The zero-order valence-corrected chi connectivity index (χ0v) is 27.5. The molecule has 4 heterocycles. The Morgan fingerprint density at radius 1 is 1.04 bits per heavy atom. The summed E-state index contributed by atoms with van der Waals surface area (Å²) in [6.45, 7) is 2.53. The Balaban J connectivity index is 1.27. The number of thiophene rings is 1. The van der Waals surface area contributed by atoms with E-state index < -0.39 is 6.04 Å². The van der Waals surface area contributed by atoms with E-state index >= 15 is 0 Å². The maximum Gasteiger partial charge on any atom is 0.287 e. The van der Waals surface area contributed by atoms with Gasteiger partial charge in [-0.15, -0.1) is 21.5 Å². The number of hydrogen-bond donors (Lipinski definition) is 1. The Morgan fingerprint density at radius 2 is 1.89 bits per heavy atom. The monoisotopic (exact) mass is 672 g/mol. The quantitative estimate of drug-likeness (QED) is 0.156. The molecule has 0 fully saturated rings. The number of thioether (sulfide) groups is 1. The van der Waals surface area contributed by atoms with Crippen LogP contribution in [0.1, 0.15) is 46.2 Å². The summed E-state index contributed by atoms with van der Waals surface area (Å²) in [7, 11) is 3.17. The number of benzene rings is 2. The Kier molecular flexibility index (Phi) is 9.88. The van der Waals surface area contributed by atoms with Crippen molar-refractivity contribution in [3.63, 3.8) is 0 Å². The highest BCUT2D eigenvalue weighted by molar-refractivity contribution is 7.99. The second-order valence-electron chi connectivity index (χ2n) is 10.2. The number of para-hydroxylation sites is 1. The molecule has 6 rings (SSSR count). The van der Waals surface area contributed by atoms with Crippen LogP contribution in [0.15, 0.2) is 93.0 Å². The van der Waals surface area contributed by atoms with Crippen molar-refractivity contribution >= 4 is 40.6 Å². The molecule has 2 amide bonds. The van der Waals surface area contributed by atoms with E-state index in [9.17, 15) is 9.59 Å². The number of methoxy groups -OCH3 is 2. The van der Waals surface area contributed by atoms with E-state index in [-0.39, 0.29) is 29.9 Å². The van der Waals surface area contributed by atoms with E-state index in [1.165, 1.54) is 23.0 Å². The molecule has 1 atom stereocenters. The number of hydrazone groups is 1. The molecule has 1 aliphatic rings. The second-order valence-corrected chi connectivity index (χ2v) is 12.1. The molecule has 0 spiro atoms. The first-order chi connectivity index (χ1) is 23.0. The van der Waals surface area contributed by atoms with Gasteiger partial charge in [0.05, 0.1) is 56.0 Å². The second kappa shape index (κ2) is 14.6. The minimum atomic E-state index is -0.401. The van der Waals surface area contributed by atoms with Crippen LogP contribution in [-0.2, 0) is 11.3 Å². The highest BCUT2D eigenvalue weighted by Gasteiger charge is 2.36. The smallest absolute Gasteiger partial charge is 0.287 e. The number of ether oxygens (including phenoxy) is 3. The van der Waals surface area contributed by atoms with Crippen molar-refractivity contribution in [3.8, 4) is 22.9 Å². The van der Waals surface area contributed by atoms with Crippen molar-refractivity contribution in [3.05, 3.63) is 100 Å². The number of nitrogens with one attached hydrogen (secondary N) is 1. The molecule has 1 N–H and O–H groups in total. The third-order valence-electron chi connectivity index (χ3n) is 7.35. The van der Waals surface area contributed by atoms with Gasteiger partial charge in [-0.25, -0.2) is 5.01 Å². The molecule has 47 heavy (non-hydrogen) atoms. The van der Waals surface area contributed by atoms with Gasteiger partial charge >= 0.3 is 0 Å². The molecule has 1 aliphatic heterocycles. The van der Waals surface area contributed by atoms with Crippen LogP contribution in [0, 0.1) is 0 Å². The summed E-state index contributed by atoms with van der Waals surface area (Å²) in [5, 5.41) is 20.4. The number of rotatable bonds is 13. The van der Waals surface area contributed by atoms with Gasteiger partial charge in [0.15, 0.2) is 28.2 Å². The maximum atomic E-state index is 14.0. The van der Waals surface area contributed by atoms with Crippen LogP contribution in [0.3, 0.4) is 0 Å². The summed E-state index contributed by atoms with van der Waals surface area (Å²) in [6, 6.07) is 19.9. The number of furan rings is 1. The van der Waals surface area contributed by atoms with Gasteiger partial charge < -0.3 is 23.9 Å². The molecule has 0 bridgehead atoms. The standard InChI is InChI=1S/C33H32N6O6S2/c1-4-44-22-14-12-21(13-15-22)38-29(19-34-32(41)27-10-6-16-45-27)35-36-33(38)47-20-30(40)39-25(18-24(37-39)28-11-7-17-46-28)23-8-5-9-26(42-2)31(23)43-3/h5-17,25H,4,18-20H2,1-3H3,(H,34,41). The normalized spacial score (nSPS) is 14.1. The third-order valence-corrected chi connectivity index (χ3v) is 9.18. The predicted molar refractivity (Wildman–Crippen MR) is 178 cm³/mol. The Bertz CT molecular complexity index is 1850. The molecular weight excluding hydrogens is 641 g/mol. The minimum absolute atomic E-state index is 0.0257. The van der Waals surface area contributed by atoms with E-state index in [2.05, 4.69) is 15.5 Å². The summed E-state index contributed by atoms with van der Waals surface area (Å²) in [5.74, 6) is 1.94. The van der Waals surface area contributed by atoms with Crippen LogP contribution in [-0.4, -0.2) is 63.9 Å². The van der Waals surface area contributed by atoms with E-state index in [0.717, 1.165) is 21.8 Å². The molecule has 5 aromatic rings. The van der Waals surface area contributed by atoms with Crippen molar-refractivity contribution in [2.24, 2.45) is 5.10 Å². The number of nitrogens with zero attached hydrogens (tertiary/aromatic N) is 5. The first-order valence-electron chi connectivity index (χ1n) is 14.8. The van der Waals surface area contributed by atoms with Crippen LogP contribution in [0.5, 0.6) is 17.2 Å². The average Bonchev–Trinajstić information content (AvgIpc) is 3.93. The summed E-state index contributed by atoms with van der Waals surface area (Å²) in [4.78, 5) is 27.6. The van der Waals surface area contributed by atoms with E-state index in [4.69, 9.17) is 23.7 Å². The molecule has 0 saturated heterocycles. The average molecular weight is 673 g/mol. The lowest BCUT2D eigenvalue weighted by atomic mass is 9.99. The van der Waals surface area contributed by atoms with Crippen molar-refractivity contribution in [1.82, 2.24) is 25.1 Å². The summed E-state index contributed by atoms with van der Waals surface area (Å²) in [6.07, 6.45) is 1.95. The largest absolute Gasteiger partial charge is 0.494 e. The third kappa shape index (κ3) is 6.88. The zero-order chi connectivity index (χ0) is 32.8. The van der Waals surface area contributed by atoms with Crippen molar-refractivity contribution < 1.29 is 28.2 Å². The van der Waals surface area contributed by atoms with Gasteiger partial charge in [0.25, 0.3) is 11.8 Å². The van der Waals surface area contributed by atoms with E-state index in [0.29, 0.717) is 41.3 Å². The SMILES string of the molecule is CCOc1ccc(-n2c(CNC(=O)c3ccco3)nnc2SCC(=O)N2N=C(c3cccs3)CC2c2cccc(OC)c2OC)cc1. The number of carbonyl (C=O) groups is 2. The fourth-order valence-corrected chi connectivity index (χ4v) is 6.77. The fourth-order valence-electron chi connectivity index (χ4n) is 5.22. The van der Waals surface area contributed by atoms with Gasteiger partial charge in [0, 0.05) is 17.7 Å². The van der Waals surface area contributed by atoms with Gasteiger partial charge in [-0.1, -0.05) is 30.0 Å². The fraction of sp³-hybridized carbons (Fsp3) is 0.242. The van der Waals surface area contributed by atoms with Crippen LogP contribution in [0.4, 0.5) is 0 Å². The number of amides is 2. The van der Waals surface area contributed by atoms with E-state index in [1.54, 1.807) is 37.7 Å². The topological polar surface area (TPSA) is 133 Å². The molecule has 2 aromatic carbocycles. The van der Waals surface area contributed by atoms with Crippen molar-refractivity contribution in [2.45, 2.75) is 31.1 Å². The first-order valence-corrected chi connectivity index (χ1v) is 16.6. The molecule has 14 heteroatoms. The minimum Gasteiger partial charge on any atom is -0.494 e. The molecule has 3 aromatic heterocycles.